The summed E-state index contributed by atoms with van der Waals surface area (Å²) in [6, 6.07) is 0.678. The molecule has 0 saturated carbocycles. The van der Waals surface area contributed by atoms with Crippen LogP contribution in [0.3, 0.4) is 0 Å². The van der Waals surface area contributed by atoms with Gasteiger partial charge in [0.25, 0.3) is 0 Å². The van der Waals surface area contributed by atoms with Crippen molar-refractivity contribution in [3.8, 4) is 0 Å². The first-order valence-electron chi connectivity index (χ1n) is 4.70. The van der Waals surface area contributed by atoms with Crippen LogP contribution in [0.1, 0.15) is 31.1 Å². The Labute approximate surface area is 105 Å². The summed E-state index contributed by atoms with van der Waals surface area (Å²) in [5.74, 6) is -5.69. The summed E-state index contributed by atoms with van der Waals surface area (Å²) in [5.41, 5.74) is -1.51. The first kappa shape index (κ1) is 14.0. The van der Waals surface area contributed by atoms with Gasteiger partial charge in [0.1, 0.15) is 11.2 Å². The highest BCUT2D eigenvalue weighted by molar-refractivity contribution is 9.10. The second-order valence-electron chi connectivity index (χ2n) is 4.35. The van der Waals surface area contributed by atoms with Gasteiger partial charge in [0.2, 0.25) is 0 Å². The van der Waals surface area contributed by atoms with Crippen LogP contribution in [0.5, 0.6) is 0 Å². The Hall–Kier alpha value is -1.04. The van der Waals surface area contributed by atoms with E-state index in [4.69, 9.17) is 4.74 Å². The lowest BCUT2D eigenvalue weighted by molar-refractivity contribution is 0.00623. The minimum absolute atomic E-state index is 0.192. The van der Waals surface area contributed by atoms with Gasteiger partial charge in [-0.2, -0.15) is 0 Å². The van der Waals surface area contributed by atoms with Crippen LogP contribution in [0.2, 0.25) is 0 Å². The van der Waals surface area contributed by atoms with Gasteiger partial charge in [-0.3, -0.25) is 0 Å². The van der Waals surface area contributed by atoms with Crippen molar-refractivity contribution < 1.29 is 22.7 Å². The van der Waals surface area contributed by atoms with Crippen molar-refractivity contribution in [2.45, 2.75) is 26.4 Å². The largest absolute Gasteiger partial charge is 0.456 e. The molecule has 0 amide bonds. The number of benzene rings is 1. The van der Waals surface area contributed by atoms with Crippen LogP contribution in [-0.2, 0) is 4.74 Å². The van der Waals surface area contributed by atoms with Crippen molar-refractivity contribution in [1.82, 2.24) is 0 Å². The van der Waals surface area contributed by atoms with E-state index in [0.717, 1.165) is 0 Å². The average Bonchev–Trinajstić information content (AvgIpc) is 2.11. The summed E-state index contributed by atoms with van der Waals surface area (Å²) >= 11 is 2.79. The highest BCUT2D eigenvalue weighted by Crippen LogP contribution is 2.26. The summed E-state index contributed by atoms with van der Waals surface area (Å²) in [4.78, 5) is 11.6. The van der Waals surface area contributed by atoms with Crippen LogP contribution in [-0.4, -0.2) is 11.6 Å². The van der Waals surface area contributed by atoms with Gasteiger partial charge in [-0.05, 0) is 42.8 Å². The summed E-state index contributed by atoms with van der Waals surface area (Å²) in [6.07, 6.45) is 0. The Kier molecular flexibility index (Phi) is 3.86. The van der Waals surface area contributed by atoms with Crippen molar-refractivity contribution in [3.63, 3.8) is 0 Å². The molecule has 17 heavy (non-hydrogen) atoms. The number of hydrogen-bond donors (Lipinski definition) is 0. The third-order valence-corrected chi connectivity index (χ3v) is 2.34. The topological polar surface area (TPSA) is 26.3 Å². The highest BCUT2D eigenvalue weighted by atomic mass is 79.9. The van der Waals surface area contributed by atoms with E-state index in [1.807, 2.05) is 0 Å². The number of ether oxygens (including phenoxy) is 1. The number of halogens is 4. The molecule has 0 aliphatic carbocycles. The molecule has 0 aromatic heterocycles. The fraction of sp³-hybridized carbons (Fsp3) is 0.364. The van der Waals surface area contributed by atoms with Crippen molar-refractivity contribution in [3.05, 3.63) is 33.6 Å². The summed E-state index contributed by atoms with van der Waals surface area (Å²) in [6.45, 7) is 4.74. The maximum Gasteiger partial charge on any atom is 0.342 e. The van der Waals surface area contributed by atoms with E-state index >= 15 is 0 Å². The molecular weight excluding hydrogens is 301 g/mol. The zero-order chi connectivity index (χ0) is 13.4. The fourth-order valence-electron chi connectivity index (χ4n) is 1.08. The van der Waals surface area contributed by atoms with Crippen LogP contribution in [0, 0.1) is 17.5 Å². The first-order chi connectivity index (χ1) is 7.63. The lowest BCUT2D eigenvalue weighted by atomic mass is 10.1. The Balaban J connectivity index is 3.24. The molecule has 0 unspecified atom stereocenters. The lowest BCUT2D eigenvalue weighted by Gasteiger charge is -2.20. The molecular formula is C11H10BrF3O2. The average molecular weight is 311 g/mol. The van der Waals surface area contributed by atoms with Crippen LogP contribution < -0.4 is 0 Å². The van der Waals surface area contributed by atoms with E-state index in [2.05, 4.69) is 15.9 Å². The van der Waals surface area contributed by atoms with Crippen molar-refractivity contribution in [1.29, 1.82) is 0 Å². The molecule has 0 bridgehead atoms. The smallest absolute Gasteiger partial charge is 0.342 e. The molecule has 94 valence electrons. The van der Waals surface area contributed by atoms with Crippen LogP contribution in [0.25, 0.3) is 0 Å². The Bertz CT molecular complexity index is 467. The van der Waals surface area contributed by atoms with Crippen molar-refractivity contribution in [2.24, 2.45) is 0 Å². The lowest BCUT2D eigenvalue weighted by Crippen LogP contribution is -2.25. The van der Waals surface area contributed by atoms with Crippen LogP contribution >= 0.6 is 15.9 Å². The minimum atomic E-state index is -1.70. The molecule has 0 aliphatic heterocycles. The molecule has 2 nitrogen and oxygen atoms in total. The minimum Gasteiger partial charge on any atom is -0.456 e. The van der Waals surface area contributed by atoms with E-state index in [1.165, 1.54) is 0 Å². The third kappa shape index (κ3) is 3.21. The molecule has 1 aromatic carbocycles. The first-order valence-corrected chi connectivity index (χ1v) is 5.49. The monoisotopic (exact) mass is 310 g/mol. The number of carbonyl (C=O) groups excluding carboxylic acids is 1. The molecule has 1 aromatic rings. The standard InChI is InChI=1S/C11H10BrF3O2/c1-11(2,3)17-10(16)7-5(12)4-6(13)8(14)9(7)15/h4H,1-3H3. The number of carbonyl (C=O) groups is 1. The maximum atomic E-state index is 13.4. The van der Waals surface area contributed by atoms with Gasteiger partial charge in [-0.25, -0.2) is 18.0 Å². The van der Waals surface area contributed by atoms with Gasteiger partial charge in [0.15, 0.2) is 17.5 Å². The van der Waals surface area contributed by atoms with Gasteiger partial charge >= 0.3 is 5.97 Å². The fourth-order valence-corrected chi connectivity index (χ4v) is 1.62. The molecule has 0 radical (unpaired) electrons. The van der Waals surface area contributed by atoms with E-state index in [0.29, 0.717) is 6.07 Å². The Morgan fingerprint density at radius 1 is 1.24 bits per heavy atom. The second kappa shape index (κ2) is 4.68. The predicted molar refractivity (Wildman–Crippen MR) is 59.2 cm³/mol. The maximum absolute atomic E-state index is 13.4. The van der Waals surface area contributed by atoms with Gasteiger partial charge in [-0.1, -0.05) is 0 Å². The summed E-state index contributed by atoms with van der Waals surface area (Å²) in [5, 5.41) is 0. The zero-order valence-electron chi connectivity index (χ0n) is 9.41. The van der Waals surface area contributed by atoms with Gasteiger partial charge in [0.05, 0.1) is 0 Å². The summed E-state index contributed by atoms with van der Waals surface area (Å²) in [7, 11) is 0. The molecule has 0 heterocycles. The number of esters is 1. The van der Waals surface area contributed by atoms with Crippen molar-refractivity contribution >= 4 is 21.9 Å². The van der Waals surface area contributed by atoms with E-state index in [-0.39, 0.29) is 4.47 Å². The van der Waals surface area contributed by atoms with Crippen LogP contribution in [0.15, 0.2) is 10.5 Å². The second-order valence-corrected chi connectivity index (χ2v) is 5.20. The molecule has 0 saturated heterocycles. The number of rotatable bonds is 1. The normalized spacial score (nSPS) is 11.5. The van der Waals surface area contributed by atoms with Gasteiger partial charge < -0.3 is 4.74 Å². The zero-order valence-corrected chi connectivity index (χ0v) is 11.0. The highest BCUT2D eigenvalue weighted by Gasteiger charge is 2.27. The molecule has 0 atom stereocenters. The molecule has 6 heteroatoms. The van der Waals surface area contributed by atoms with E-state index in [9.17, 15) is 18.0 Å². The third-order valence-electron chi connectivity index (χ3n) is 1.72. The molecule has 0 fully saturated rings. The van der Waals surface area contributed by atoms with Crippen LogP contribution in [0.4, 0.5) is 13.2 Å². The Morgan fingerprint density at radius 3 is 2.24 bits per heavy atom. The summed E-state index contributed by atoms with van der Waals surface area (Å²) < 4.78 is 43.9. The molecule has 0 aliphatic rings. The van der Waals surface area contributed by atoms with E-state index < -0.39 is 34.6 Å². The molecule has 0 spiro atoms. The van der Waals surface area contributed by atoms with Crippen molar-refractivity contribution in [2.75, 3.05) is 0 Å². The van der Waals surface area contributed by atoms with Gasteiger partial charge in [-0.15, -0.1) is 0 Å². The SMILES string of the molecule is CC(C)(C)OC(=O)c1c(Br)cc(F)c(F)c1F. The molecule has 1 rings (SSSR count). The van der Waals surface area contributed by atoms with E-state index in [1.54, 1.807) is 20.8 Å². The van der Waals surface area contributed by atoms with Gasteiger partial charge in [0, 0.05) is 4.47 Å². The Morgan fingerprint density at radius 2 is 1.76 bits per heavy atom. The molecule has 0 N–H and O–H groups in total. The number of hydrogen-bond acceptors (Lipinski definition) is 2. The predicted octanol–water partition coefficient (Wildman–Crippen LogP) is 3.82. The quantitative estimate of drug-likeness (QED) is 0.448.